The minimum atomic E-state index is 0.0299. The molecule has 104 valence electrons. The Morgan fingerprint density at radius 1 is 1.32 bits per heavy atom. The first-order valence-corrected chi connectivity index (χ1v) is 6.67. The third-order valence-corrected chi connectivity index (χ3v) is 3.58. The Balaban J connectivity index is 2.28. The molecule has 1 unspecified atom stereocenters. The molecule has 1 saturated heterocycles. The van der Waals surface area contributed by atoms with E-state index in [4.69, 9.17) is 9.47 Å². The van der Waals surface area contributed by atoms with Gasteiger partial charge in [-0.3, -0.25) is 4.79 Å². The molecule has 0 bridgehead atoms. The van der Waals surface area contributed by atoms with Gasteiger partial charge in [-0.15, -0.1) is 0 Å². The third kappa shape index (κ3) is 2.83. The molecular formula is C15H21NO3. The number of carbonyl (C=O) groups is 1. The molecule has 1 amide bonds. The van der Waals surface area contributed by atoms with E-state index in [1.54, 1.807) is 26.4 Å². The highest BCUT2D eigenvalue weighted by atomic mass is 16.5. The average molecular weight is 263 g/mol. The Kier molecular flexibility index (Phi) is 4.30. The third-order valence-electron chi connectivity index (χ3n) is 3.58. The Morgan fingerprint density at radius 2 is 2.11 bits per heavy atom. The number of carbonyl (C=O) groups excluding carboxylic acids is 1. The van der Waals surface area contributed by atoms with Gasteiger partial charge < -0.3 is 14.4 Å². The summed E-state index contributed by atoms with van der Waals surface area (Å²) in [5.74, 6) is 1.71. The molecule has 4 nitrogen and oxygen atoms in total. The van der Waals surface area contributed by atoms with Gasteiger partial charge in [0.15, 0.2) is 11.5 Å². The number of methoxy groups -OCH3 is 2. The van der Waals surface area contributed by atoms with Gasteiger partial charge in [-0.25, -0.2) is 0 Å². The van der Waals surface area contributed by atoms with Crippen molar-refractivity contribution in [3.63, 3.8) is 0 Å². The van der Waals surface area contributed by atoms with Crippen LogP contribution in [0, 0.1) is 5.92 Å². The Labute approximate surface area is 114 Å². The molecule has 0 aliphatic carbocycles. The predicted molar refractivity (Wildman–Crippen MR) is 73.8 cm³/mol. The van der Waals surface area contributed by atoms with E-state index in [1.165, 1.54) is 6.42 Å². The fourth-order valence-electron chi connectivity index (χ4n) is 2.60. The summed E-state index contributed by atoms with van der Waals surface area (Å²) < 4.78 is 10.6. The molecule has 1 aromatic carbocycles. The van der Waals surface area contributed by atoms with E-state index in [9.17, 15) is 4.79 Å². The number of hydrogen-bond acceptors (Lipinski definition) is 3. The van der Waals surface area contributed by atoms with Gasteiger partial charge in [0.05, 0.1) is 19.8 Å². The van der Waals surface area contributed by atoms with Crippen LogP contribution in [0.3, 0.4) is 0 Å². The SMILES string of the molecule is COc1cccc(C(=O)N2CCCC(C)C2)c1OC. The molecular weight excluding hydrogens is 242 g/mol. The number of likely N-dealkylation sites (tertiary alicyclic amines) is 1. The second kappa shape index (κ2) is 5.95. The van der Waals surface area contributed by atoms with Crippen molar-refractivity contribution in [1.82, 2.24) is 4.90 Å². The summed E-state index contributed by atoms with van der Waals surface area (Å²) in [5.41, 5.74) is 0.580. The van der Waals surface area contributed by atoms with Crippen LogP contribution in [0.1, 0.15) is 30.1 Å². The lowest BCUT2D eigenvalue weighted by Gasteiger charge is -2.31. The molecule has 1 aliphatic heterocycles. The highest BCUT2D eigenvalue weighted by Crippen LogP contribution is 2.32. The smallest absolute Gasteiger partial charge is 0.257 e. The highest BCUT2D eigenvalue weighted by Gasteiger charge is 2.25. The van der Waals surface area contributed by atoms with E-state index in [-0.39, 0.29) is 5.91 Å². The topological polar surface area (TPSA) is 38.8 Å². The number of ether oxygens (including phenoxy) is 2. The summed E-state index contributed by atoms with van der Waals surface area (Å²) in [5, 5.41) is 0. The molecule has 0 saturated carbocycles. The first-order valence-electron chi connectivity index (χ1n) is 6.67. The molecule has 1 aliphatic rings. The minimum absolute atomic E-state index is 0.0299. The van der Waals surface area contributed by atoms with Gasteiger partial charge in [0.1, 0.15) is 0 Å². The normalized spacial score (nSPS) is 19.1. The largest absolute Gasteiger partial charge is 0.493 e. The van der Waals surface area contributed by atoms with E-state index >= 15 is 0 Å². The van der Waals surface area contributed by atoms with Crippen LogP contribution in [0.4, 0.5) is 0 Å². The number of benzene rings is 1. The van der Waals surface area contributed by atoms with Crippen molar-refractivity contribution in [2.75, 3.05) is 27.3 Å². The quantitative estimate of drug-likeness (QED) is 0.841. The van der Waals surface area contributed by atoms with Crippen LogP contribution in [-0.2, 0) is 0 Å². The zero-order valence-electron chi connectivity index (χ0n) is 11.8. The summed E-state index contributed by atoms with van der Waals surface area (Å²) in [4.78, 5) is 14.5. The van der Waals surface area contributed by atoms with E-state index in [0.29, 0.717) is 23.0 Å². The lowest BCUT2D eigenvalue weighted by Crippen LogP contribution is -2.39. The van der Waals surface area contributed by atoms with Crippen molar-refractivity contribution in [2.24, 2.45) is 5.92 Å². The molecule has 0 N–H and O–H groups in total. The van der Waals surface area contributed by atoms with Crippen molar-refractivity contribution in [3.05, 3.63) is 23.8 Å². The van der Waals surface area contributed by atoms with Crippen LogP contribution in [0.2, 0.25) is 0 Å². The standard InChI is InChI=1S/C15H21NO3/c1-11-6-5-9-16(10-11)15(17)12-7-4-8-13(18-2)14(12)19-3/h4,7-8,11H,5-6,9-10H2,1-3H3. The van der Waals surface area contributed by atoms with Crippen LogP contribution in [-0.4, -0.2) is 38.1 Å². The first-order chi connectivity index (χ1) is 9.17. The van der Waals surface area contributed by atoms with Crippen molar-refractivity contribution in [2.45, 2.75) is 19.8 Å². The van der Waals surface area contributed by atoms with Crippen molar-refractivity contribution in [1.29, 1.82) is 0 Å². The zero-order chi connectivity index (χ0) is 13.8. The highest BCUT2D eigenvalue weighted by molar-refractivity contribution is 5.97. The summed E-state index contributed by atoms with van der Waals surface area (Å²) in [6.45, 7) is 3.82. The average Bonchev–Trinajstić information content (AvgIpc) is 2.45. The first kappa shape index (κ1) is 13.7. The maximum Gasteiger partial charge on any atom is 0.257 e. The van der Waals surface area contributed by atoms with Gasteiger partial charge in [-0.1, -0.05) is 13.0 Å². The van der Waals surface area contributed by atoms with Gasteiger partial charge in [0.25, 0.3) is 5.91 Å². The molecule has 4 heteroatoms. The molecule has 2 rings (SSSR count). The van der Waals surface area contributed by atoms with Gasteiger partial charge in [-0.2, -0.15) is 0 Å². The van der Waals surface area contributed by atoms with E-state index in [2.05, 4.69) is 6.92 Å². The minimum Gasteiger partial charge on any atom is -0.493 e. The van der Waals surface area contributed by atoms with Crippen LogP contribution < -0.4 is 9.47 Å². The summed E-state index contributed by atoms with van der Waals surface area (Å²) >= 11 is 0. The zero-order valence-corrected chi connectivity index (χ0v) is 11.8. The number of para-hydroxylation sites is 1. The van der Waals surface area contributed by atoms with E-state index in [1.807, 2.05) is 11.0 Å². The van der Waals surface area contributed by atoms with E-state index < -0.39 is 0 Å². The number of nitrogens with zero attached hydrogens (tertiary/aromatic N) is 1. The van der Waals surface area contributed by atoms with Crippen molar-refractivity contribution < 1.29 is 14.3 Å². The maximum absolute atomic E-state index is 12.6. The lowest BCUT2D eigenvalue weighted by molar-refractivity contribution is 0.0679. The van der Waals surface area contributed by atoms with Gasteiger partial charge in [0, 0.05) is 13.1 Å². The Hall–Kier alpha value is -1.71. The van der Waals surface area contributed by atoms with Crippen LogP contribution in [0.15, 0.2) is 18.2 Å². The fraction of sp³-hybridized carbons (Fsp3) is 0.533. The fourth-order valence-corrected chi connectivity index (χ4v) is 2.60. The Morgan fingerprint density at radius 3 is 2.74 bits per heavy atom. The van der Waals surface area contributed by atoms with Gasteiger partial charge in [0.2, 0.25) is 0 Å². The Bertz CT molecular complexity index is 459. The van der Waals surface area contributed by atoms with Gasteiger partial charge in [-0.05, 0) is 30.9 Å². The molecule has 0 radical (unpaired) electrons. The number of hydrogen-bond donors (Lipinski definition) is 0. The van der Waals surface area contributed by atoms with E-state index in [0.717, 1.165) is 19.5 Å². The van der Waals surface area contributed by atoms with Crippen molar-refractivity contribution in [3.8, 4) is 11.5 Å². The molecule has 1 fully saturated rings. The van der Waals surface area contributed by atoms with Gasteiger partial charge >= 0.3 is 0 Å². The van der Waals surface area contributed by atoms with Crippen LogP contribution in [0.25, 0.3) is 0 Å². The van der Waals surface area contributed by atoms with Crippen LogP contribution in [0.5, 0.6) is 11.5 Å². The molecule has 1 heterocycles. The lowest BCUT2D eigenvalue weighted by atomic mass is 9.99. The second-order valence-electron chi connectivity index (χ2n) is 5.04. The molecule has 1 aromatic rings. The van der Waals surface area contributed by atoms with Crippen molar-refractivity contribution >= 4 is 5.91 Å². The monoisotopic (exact) mass is 263 g/mol. The number of piperidine rings is 1. The predicted octanol–water partition coefficient (Wildman–Crippen LogP) is 2.58. The summed E-state index contributed by atoms with van der Waals surface area (Å²) in [6, 6.07) is 5.42. The maximum atomic E-state index is 12.6. The number of rotatable bonds is 3. The molecule has 19 heavy (non-hydrogen) atoms. The molecule has 0 spiro atoms. The summed E-state index contributed by atoms with van der Waals surface area (Å²) in [6.07, 6.45) is 2.26. The summed E-state index contributed by atoms with van der Waals surface area (Å²) in [7, 11) is 3.14. The number of amides is 1. The second-order valence-corrected chi connectivity index (χ2v) is 5.04. The molecule has 0 aromatic heterocycles. The molecule has 1 atom stereocenters. The van der Waals surface area contributed by atoms with Crippen LogP contribution >= 0.6 is 0 Å².